The van der Waals surface area contributed by atoms with Gasteiger partial charge < -0.3 is 14.4 Å². The van der Waals surface area contributed by atoms with Gasteiger partial charge >= 0.3 is 0 Å². The van der Waals surface area contributed by atoms with Gasteiger partial charge in [-0.15, -0.1) is 0 Å². The minimum absolute atomic E-state index is 0.0703. The molecule has 0 N–H and O–H groups in total. The highest BCUT2D eigenvalue weighted by Gasteiger charge is 2.35. The number of hydrogen-bond acceptors (Lipinski definition) is 5. The molecular formula is C13H22N4O3. The molecule has 1 amide bonds. The summed E-state index contributed by atoms with van der Waals surface area (Å²) in [7, 11) is 1.64. The number of nitrogens with zero attached hydrogens (tertiary/aromatic N) is 4. The predicted octanol–water partition coefficient (Wildman–Crippen LogP) is 0.321. The summed E-state index contributed by atoms with van der Waals surface area (Å²) in [4.78, 5) is 18.0. The van der Waals surface area contributed by atoms with E-state index in [4.69, 9.17) is 9.47 Å². The second-order valence-electron chi connectivity index (χ2n) is 5.64. The Kier molecular flexibility index (Phi) is 4.72. The zero-order valence-corrected chi connectivity index (χ0v) is 12.3. The van der Waals surface area contributed by atoms with Crippen molar-refractivity contribution in [2.75, 3.05) is 26.8 Å². The standard InChI is InChI=1S/C13H22N4O3/c1-13(2)8-16(6-11(20-13)7-19-3)12(18)4-5-17-10-14-9-15-17/h9-11H,4-8H2,1-3H3/t11-/m0/s1. The first kappa shape index (κ1) is 14.9. The van der Waals surface area contributed by atoms with E-state index in [1.54, 1.807) is 18.1 Å². The van der Waals surface area contributed by atoms with E-state index in [0.717, 1.165) is 0 Å². The fraction of sp³-hybridized carbons (Fsp3) is 0.769. The lowest BCUT2D eigenvalue weighted by molar-refractivity contribution is -0.168. The third kappa shape index (κ3) is 4.01. The number of rotatable bonds is 5. The van der Waals surface area contributed by atoms with Gasteiger partial charge in [-0.3, -0.25) is 9.48 Å². The molecule has 0 spiro atoms. The van der Waals surface area contributed by atoms with Gasteiger partial charge in [-0.1, -0.05) is 0 Å². The molecule has 0 aliphatic carbocycles. The first-order valence-electron chi connectivity index (χ1n) is 6.77. The molecule has 1 aromatic heterocycles. The van der Waals surface area contributed by atoms with Crippen LogP contribution in [0, 0.1) is 0 Å². The Morgan fingerprint density at radius 2 is 2.35 bits per heavy atom. The normalized spacial score (nSPS) is 21.9. The minimum Gasteiger partial charge on any atom is -0.382 e. The van der Waals surface area contributed by atoms with Crippen LogP contribution in [0.3, 0.4) is 0 Å². The SMILES string of the molecule is COC[C@@H]1CN(C(=O)CCn2cncn2)CC(C)(C)O1. The maximum atomic E-state index is 12.3. The fourth-order valence-corrected chi connectivity index (χ4v) is 2.47. The van der Waals surface area contributed by atoms with Gasteiger partial charge in [0.2, 0.25) is 5.91 Å². The molecule has 2 heterocycles. The third-order valence-corrected chi connectivity index (χ3v) is 3.21. The van der Waals surface area contributed by atoms with Crippen LogP contribution in [-0.2, 0) is 20.8 Å². The topological polar surface area (TPSA) is 69.5 Å². The summed E-state index contributed by atoms with van der Waals surface area (Å²) in [5.41, 5.74) is -0.343. The van der Waals surface area contributed by atoms with Crippen molar-refractivity contribution in [3.05, 3.63) is 12.7 Å². The Labute approximate surface area is 118 Å². The summed E-state index contributed by atoms with van der Waals surface area (Å²) in [5.74, 6) is 0.109. The van der Waals surface area contributed by atoms with E-state index in [-0.39, 0.29) is 17.6 Å². The smallest absolute Gasteiger partial charge is 0.224 e. The quantitative estimate of drug-likeness (QED) is 0.778. The number of aryl methyl sites for hydroxylation is 1. The van der Waals surface area contributed by atoms with Crippen LogP contribution in [0.25, 0.3) is 0 Å². The molecule has 1 aromatic rings. The molecule has 0 aromatic carbocycles. The van der Waals surface area contributed by atoms with Crippen LogP contribution in [0.5, 0.6) is 0 Å². The van der Waals surface area contributed by atoms with Gasteiger partial charge in [-0.05, 0) is 13.8 Å². The van der Waals surface area contributed by atoms with E-state index >= 15 is 0 Å². The van der Waals surface area contributed by atoms with Crippen molar-refractivity contribution in [3.8, 4) is 0 Å². The highest BCUT2D eigenvalue weighted by atomic mass is 16.5. The molecule has 0 radical (unpaired) electrons. The maximum absolute atomic E-state index is 12.3. The average molecular weight is 282 g/mol. The molecule has 1 saturated heterocycles. The van der Waals surface area contributed by atoms with Gasteiger partial charge in [0.05, 0.1) is 24.9 Å². The lowest BCUT2D eigenvalue weighted by Gasteiger charge is -2.42. The number of morpholine rings is 1. The highest BCUT2D eigenvalue weighted by Crippen LogP contribution is 2.21. The van der Waals surface area contributed by atoms with Crippen LogP contribution in [0.2, 0.25) is 0 Å². The highest BCUT2D eigenvalue weighted by molar-refractivity contribution is 5.76. The van der Waals surface area contributed by atoms with E-state index in [2.05, 4.69) is 10.1 Å². The summed E-state index contributed by atoms with van der Waals surface area (Å²) >= 11 is 0. The molecule has 1 fully saturated rings. The predicted molar refractivity (Wildman–Crippen MR) is 72.0 cm³/mol. The molecule has 0 unspecified atom stereocenters. The molecular weight excluding hydrogens is 260 g/mol. The van der Waals surface area contributed by atoms with Gasteiger partial charge in [-0.2, -0.15) is 5.10 Å². The zero-order valence-electron chi connectivity index (χ0n) is 12.3. The summed E-state index contributed by atoms with van der Waals surface area (Å²) < 4.78 is 12.7. The van der Waals surface area contributed by atoms with E-state index in [9.17, 15) is 4.79 Å². The Morgan fingerprint density at radius 1 is 1.55 bits per heavy atom. The number of ether oxygens (including phenoxy) is 2. The molecule has 20 heavy (non-hydrogen) atoms. The van der Waals surface area contributed by atoms with Crippen LogP contribution < -0.4 is 0 Å². The number of carbonyl (C=O) groups is 1. The minimum atomic E-state index is -0.343. The van der Waals surface area contributed by atoms with Gasteiger partial charge in [-0.25, -0.2) is 4.98 Å². The van der Waals surface area contributed by atoms with Crippen molar-refractivity contribution < 1.29 is 14.3 Å². The second-order valence-corrected chi connectivity index (χ2v) is 5.64. The van der Waals surface area contributed by atoms with Crippen LogP contribution >= 0.6 is 0 Å². The first-order chi connectivity index (χ1) is 9.50. The van der Waals surface area contributed by atoms with E-state index < -0.39 is 0 Å². The van der Waals surface area contributed by atoms with Crippen molar-refractivity contribution in [1.29, 1.82) is 0 Å². The molecule has 112 valence electrons. The largest absolute Gasteiger partial charge is 0.382 e. The number of amides is 1. The van der Waals surface area contributed by atoms with Crippen molar-refractivity contribution in [3.63, 3.8) is 0 Å². The second kappa shape index (κ2) is 6.32. The van der Waals surface area contributed by atoms with Crippen molar-refractivity contribution in [1.82, 2.24) is 19.7 Å². The molecule has 0 saturated carbocycles. The monoisotopic (exact) mass is 282 g/mol. The number of aromatic nitrogens is 3. The van der Waals surface area contributed by atoms with Gasteiger partial charge in [0, 0.05) is 26.6 Å². The van der Waals surface area contributed by atoms with Crippen LogP contribution in [0.15, 0.2) is 12.7 Å². The van der Waals surface area contributed by atoms with Crippen LogP contribution in [0.1, 0.15) is 20.3 Å². The average Bonchev–Trinajstić information content (AvgIpc) is 2.87. The Morgan fingerprint density at radius 3 is 3.00 bits per heavy atom. The van der Waals surface area contributed by atoms with Gasteiger partial charge in [0.15, 0.2) is 0 Å². The van der Waals surface area contributed by atoms with E-state index in [1.807, 2.05) is 18.7 Å². The molecule has 1 aliphatic heterocycles. The molecule has 7 heteroatoms. The van der Waals surface area contributed by atoms with Crippen molar-refractivity contribution in [2.45, 2.75) is 38.5 Å². The lowest BCUT2D eigenvalue weighted by Crippen LogP contribution is -2.55. The van der Waals surface area contributed by atoms with Crippen molar-refractivity contribution >= 4 is 5.91 Å². The van der Waals surface area contributed by atoms with Crippen molar-refractivity contribution in [2.24, 2.45) is 0 Å². The fourth-order valence-electron chi connectivity index (χ4n) is 2.47. The Hall–Kier alpha value is -1.47. The molecule has 2 rings (SSSR count). The van der Waals surface area contributed by atoms with E-state index in [0.29, 0.717) is 32.7 Å². The Bertz CT molecular complexity index is 433. The lowest BCUT2D eigenvalue weighted by atomic mass is 10.0. The zero-order chi connectivity index (χ0) is 14.6. The maximum Gasteiger partial charge on any atom is 0.224 e. The number of methoxy groups -OCH3 is 1. The summed E-state index contributed by atoms with van der Waals surface area (Å²) in [5, 5.41) is 4.00. The molecule has 7 nitrogen and oxygen atoms in total. The third-order valence-electron chi connectivity index (χ3n) is 3.21. The Balaban J connectivity index is 1.90. The first-order valence-corrected chi connectivity index (χ1v) is 6.77. The summed E-state index contributed by atoms with van der Waals surface area (Å²) in [6.45, 7) is 6.21. The number of hydrogen-bond donors (Lipinski definition) is 0. The van der Waals surface area contributed by atoms with Gasteiger partial charge in [0.1, 0.15) is 12.7 Å². The molecule has 0 bridgehead atoms. The van der Waals surface area contributed by atoms with E-state index in [1.165, 1.54) is 6.33 Å². The summed E-state index contributed by atoms with van der Waals surface area (Å²) in [6, 6.07) is 0. The van der Waals surface area contributed by atoms with Crippen LogP contribution in [-0.4, -0.2) is 64.1 Å². The van der Waals surface area contributed by atoms with Gasteiger partial charge in [0.25, 0.3) is 0 Å². The molecule has 1 atom stereocenters. The van der Waals surface area contributed by atoms with Crippen LogP contribution in [0.4, 0.5) is 0 Å². The number of carbonyl (C=O) groups excluding carboxylic acids is 1. The molecule has 1 aliphatic rings. The summed E-state index contributed by atoms with van der Waals surface area (Å²) in [6.07, 6.45) is 3.43.